The number of aliphatic hydroxyl groups is 1. The minimum atomic E-state index is -1.83. The number of aliphatic carboxylic acids is 1. The lowest BCUT2D eigenvalue weighted by Gasteiger charge is -1.97. The Bertz CT molecular complexity index is 165. The minimum absolute atomic E-state index is 0.765. The van der Waals surface area contributed by atoms with E-state index in [2.05, 4.69) is 0 Å². The fourth-order valence-corrected chi connectivity index (χ4v) is 0.290. The SMILES string of the molecule is O=NC(=O)CC(O)C(=O)O. The van der Waals surface area contributed by atoms with Gasteiger partial charge >= 0.3 is 5.97 Å². The molecule has 6 heteroatoms. The summed E-state index contributed by atoms with van der Waals surface area (Å²) in [5.41, 5.74) is 0. The molecule has 0 saturated heterocycles. The summed E-state index contributed by atoms with van der Waals surface area (Å²) in [6, 6.07) is 0. The number of nitrogens with zero attached hydrogens (tertiary/aromatic N) is 1. The molecule has 0 heterocycles. The van der Waals surface area contributed by atoms with Gasteiger partial charge in [0.15, 0.2) is 6.10 Å². The van der Waals surface area contributed by atoms with Gasteiger partial charge in [-0.3, -0.25) is 4.79 Å². The maximum absolute atomic E-state index is 10.0. The van der Waals surface area contributed by atoms with Crippen LogP contribution >= 0.6 is 0 Å². The molecule has 0 spiro atoms. The Labute approximate surface area is 55.4 Å². The Morgan fingerprint density at radius 2 is 2.00 bits per heavy atom. The molecule has 6 nitrogen and oxygen atoms in total. The van der Waals surface area contributed by atoms with E-state index in [4.69, 9.17) is 10.2 Å². The molecule has 0 bridgehead atoms. The molecule has 1 amide bonds. The van der Waals surface area contributed by atoms with E-state index >= 15 is 0 Å². The largest absolute Gasteiger partial charge is 0.479 e. The quantitative estimate of drug-likeness (QED) is 0.504. The highest BCUT2D eigenvalue weighted by Gasteiger charge is 2.17. The van der Waals surface area contributed by atoms with Crippen LogP contribution in [0.2, 0.25) is 0 Å². The molecule has 0 radical (unpaired) electrons. The zero-order valence-corrected chi connectivity index (χ0v) is 4.85. The number of carboxylic acids is 1. The van der Waals surface area contributed by atoms with E-state index < -0.39 is 24.4 Å². The molecule has 2 N–H and O–H groups in total. The van der Waals surface area contributed by atoms with Crippen molar-refractivity contribution < 1.29 is 19.8 Å². The van der Waals surface area contributed by atoms with Gasteiger partial charge < -0.3 is 10.2 Å². The van der Waals surface area contributed by atoms with E-state index in [0.29, 0.717) is 0 Å². The summed E-state index contributed by atoms with van der Waals surface area (Å²) in [7, 11) is 0. The lowest BCUT2D eigenvalue weighted by atomic mass is 10.2. The average molecular weight is 147 g/mol. The zero-order valence-electron chi connectivity index (χ0n) is 4.85. The van der Waals surface area contributed by atoms with Crippen LogP contribution in [0, 0.1) is 4.91 Å². The summed E-state index contributed by atoms with van der Waals surface area (Å²) in [6.07, 6.45) is -2.59. The van der Waals surface area contributed by atoms with Crippen LogP contribution in [0.5, 0.6) is 0 Å². The van der Waals surface area contributed by atoms with Crippen molar-refractivity contribution in [2.75, 3.05) is 0 Å². The molecule has 0 aliphatic heterocycles. The standard InChI is InChI=1S/C4H5NO5/c6-2(4(8)9)1-3(7)5-10/h2,6H,1H2,(H,8,9). The van der Waals surface area contributed by atoms with Gasteiger partial charge in [0.1, 0.15) is 0 Å². The highest BCUT2D eigenvalue weighted by molar-refractivity contribution is 5.83. The zero-order chi connectivity index (χ0) is 8.15. The van der Waals surface area contributed by atoms with Crippen LogP contribution in [0.4, 0.5) is 0 Å². The predicted octanol–water partition coefficient (Wildman–Crippen LogP) is -0.885. The summed E-state index contributed by atoms with van der Waals surface area (Å²) in [4.78, 5) is 29.2. The van der Waals surface area contributed by atoms with Crippen LogP contribution in [0.1, 0.15) is 6.42 Å². The van der Waals surface area contributed by atoms with Gasteiger partial charge in [0, 0.05) is 5.18 Å². The van der Waals surface area contributed by atoms with E-state index in [1.54, 1.807) is 0 Å². The smallest absolute Gasteiger partial charge is 0.333 e. The molecule has 1 unspecified atom stereocenters. The van der Waals surface area contributed by atoms with Crippen molar-refractivity contribution in [2.24, 2.45) is 5.18 Å². The number of amides is 1. The van der Waals surface area contributed by atoms with E-state index in [0.717, 1.165) is 0 Å². The third kappa shape index (κ3) is 2.88. The Hall–Kier alpha value is -1.30. The van der Waals surface area contributed by atoms with Crippen molar-refractivity contribution in [2.45, 2.75) is 12.5 Å². The molecule has 0 aromatic heterocycles. The van der Waals surface area contributed by atoms with Gasteiger partial charge in [0.25, 0.3) is 5.91 Å². The summed E-state index contributed by atoms with van der Waals surface area (Å²) >= 11 is 0. The number of nitroso groups, excluding NO2 is 1. The van der Waals surface area contributed by atoms with Crippen molar-refractivity contribution in [1.82, 2.24) is 0 Å². The van der Waals surface area contributed by atoms with Crippen LogP contribution in [0.15, 0.2) is 5.18 Å². The monoisotopic (exact) mass is 147 g/mol. The number of rotatable bonds is 3. The number of carbonyl (C=O) groups is 2. The Kier molecular flexibility index (Phi) is 3.20. The number of aliphatic hydroxyl groups excluding tert-OH is 1. The predicted molar refractivity (Wildman–Crippen MR) is 29.1 cm³/mol. The fraction of sp³-hybridized carbons (Fsp3) is 0.500. The summed E-state index contributed by atoms with van der Waals surface area (Å²) in [5, 5.41) is 18.3. The van der Waals surface area contributed by atoms with Gasteiger partial charge in [-0.15, -0.1) is 4.91 Å². The second kappa shape index (κ2) is 3.67. The van der Waals surface area contributed by atoms with Gasteiger partial charge in [0.05, 0.1) is 6.42 Å². The summed E-state index contributed by atoms with van der Waals surface area (Å²) in [6.45, 7) is 0. The molecule has 0 aliphatic rings. The third-order valence-corrected chi connectivity index (χ3v) is 0.755. The Morgan fingerprint density at radius 1 is 1.50 bits per heavy atom. The van der Waals surface area contributed by atoms with Gasteiger partial charge in [0.2, 0.25) is 0 Å². The number of carbonyl (C=O) groups excluding carboxylic acids is 1. The fourth-order valence-electron chi connectivity index (χ4n) is 0.290. The molecular weight excluding hydrogens is 142 g/mol. The van der Waals surface area contributed by atoms with Crippen molar-refractivity contribution in [3.8, 4) is 0 Å². The average Bonchev–Trinajstić information content (AvgIpc) is 1.87. The van der Waals surface area contributed by atoms with Gasteiger partial charge in [-0.25, -0.2) is 4.79 Å². The Morgan fingerprint density at radius 3 is 2.30 bits per heavy atom. The molecule has 0 aliphatic carbocycles. The lowest BCUT2D eigenvalue weighted by molar-refractivity contribution is -0.148. The van der Waals surface area contributed by atoms with Crippen molar-refractivity contribution in [3.05, 3.63) is 4.91 Å². The topological polar surface area (TPSA) is 104 Å². The maximum Gasteiger partial charge on any atom is 0.333 e. The van der Waals surface area contributed by atoms with Gasteiger partial charge in [-0.05, 0) is 0 Å². The first-order valence-corrected chi connectivity index (χ1v) is 2.35. The first-order valence-electron chi connectivity index (χ1n) is 2.35. The summed E-state index contributed by atoms with van der Waals surface area (Å²) < 4.78 is 0. The highest BCUT2D eigenvalue weighted by atomic mass is 16.4. The number of hydrogen-bond donors (Lipinski definition) is 2. The minimum Gasteiger partial charge on any atom is -0.479 e. The molecule has 0 aromatic carbocycles. The van der Waals surface area contributed by atoms with Crippen LogP contribution in [0.3, 0.4) is 0 Å². The molecule has 0 fully saturated rings. The van der Waals surface area contributed by atoms with Crippen LogP contribution in [-0.2, 0) is 9.59 Å². The molecule has 0 saturated carbocycles. The molecular formula is C4H5NO5. The van der Waals surface area contributed by atoms with E-state index in [9.17, 15) is 14.5 Å². The van der Waals surface area contributed by atoms with Crippen molar-refractivity contribution >= 4 is 11.9 Å². The number of hydrogen-bond acceptors (Lipinski definition) is 4. The lowest BCUT2D eigenvalue weighted by Crippen LogP contribution is -2.22. The van der Waals surface area contributed by atoms with Crippen molar-refractivity contribution in [3.63, 3.8) is 0 Å². The first kappa shape index (κ1) is 8.70. The molecule has 1 atom stereocenters. The van der Waals surface area contributed by atoms with Crippen molar-refractivity contribution in [1.29, 1.82) is 0 Å². The maximum atomic E-state index is 10.0. The highest BCUT2D eigenvalue weighted by Crippen LogP contribution is 1.92. The molecule has 0 aromatic rings. The van der Waals surface area contributed by atoms with Crippen LogP contribution in [0.25, 0.3) is 0 Å². The van der Waals surface area contributed by atoms with Crippen LogP contribution in [-0.4, -0.2) is 28.2 Å². The second-order valence-corrected chi connectivity index (χ2v) is 1.54. The first-order chi connectivity index (χ1) is 4.57. The Balaban J connectivity index is 3.79. The number of carboxylic acid groups (broad SMARTS) is 1. The van der Waals surface area contributed by atoms with E-state index in [-0.39, 0.29) is 0 Å². The third-order valence-electron chi connectivity index (χ3n) is 0.755. The van der Waals surface area contributed by atoms with Crippen LogP contribution < -0.4 is 0 Å². The van der Waals surface area contributed by atoms with Gasteiger partial charge in [-0.1, -0.05) is 0 Å². The molecule has 0 rings (SSSR count). The molecule has 10 heavy (non-hydrogen) atoms. The second-order valence-electron chi connectivity index (χ2n) is 1.54. The van der Waals surface area contributed by atoms with E-state index in [1.165, 1.54) is 0 Å². The van der Waals surface area contributed by atoms with Gasteiger partial charge in [-0.2, -0.15) is 0 Å². The molecule has 56 valence electrons. The van der Waals surface area contributed by atoms with E-state index in [1.807, 2.05) is 5.18 Å². The summed E-state index contributed by atoms with van der Waals surface area (Å²) in [5.74, 6) is -2.72. The normalized spacial score (nSPS) is 12.1.